The van der Waals surface area contributed by atoms with Crippen molar-refractivity contribution in [2.75, 3.05) is 6.61 Å². The summed E-state index contributed by atoms with van der Waals surface area (Å²) in [5.41, 5.74) is 6.84. The maximum absolute atomic E-state index is 11.8. The van der Waals surface area contributed by atoms with E-state index in [9.17, 15) is 9.59 Å². The first-order valence-electron chi connectivity index (χ1n) is 6.22. The fourth-order valence-corrected chi connectivity index (χ4v) is 1.57. The molecule has 0 aliphatic heterocycles. The van der Waals surface area contributed by atoms with E-state index in [0.29, 0.717) is 5.56 Å². The fourth-order valence-electron chi connectivity index (χ4n) is 1.57. The number of carbonyl (C=O) groups is 2. The number of benzene rings is 1. The lowest BCUT2D eigenvalue weighted by Crippen LogP contribution is -2.47. The Morgan fingerprint density at radius 1 is 1.40 bits per heavy atom. The average Bonchev–Trinajstić information content (AvgIpc) is 2.46. The van der Waals surface area contributed by atoms with Gasteiger partial charge in [-0.1, -0.05) is 12.1 Å². The van der Waals surface area contributed by atoms with Crippen LogP contribution in [0.15, 0.2) is 24.3 Å². The Morgan fingerprint density at radius 2 is 2.00 bits per heavy atom. The van der Waals surface area contributed by atoms with Crippen molar-refractivity contribution in [3.05, 3.63) is 35.4 Å². The molecule has 0 aromatic heterocycles. The molecule has 1 rings (SSSR count). The predicted octanol–water partition coefficient (Wildman–Crippen LogP) is 0.626. The van der Waals surface area contributed by atoms with Crippen LogP contribution in [0.5, 0.6) is 0 Å². The molecular formula is C14H17N3O3. The van der Waals surface area contributed by atoms with E-state index in [4.69, 9.17) is 11.0 Å². The van der Waals surface area contributed by atoms with E-state index in [0.717, 1.165) is 5.56 Å². The summed E-state index contributed by atoms with van der Waals surface area (Å²) in [6.45, 7) is 3.57. The Hall–Kier alpha value is -2.39. The number of esters is 1. The molecule has 1 aromatic carbocycles. The first-order chi connectivity index (χ1) is 9.49. The van der Waals surface area contributed by atoms with Crippen LogP contribution in [0.1, 0.15) is 31.0 Å². The minimum Gasteiger partial charge on any atom is -0.464 e. The minimum absolute atomic E-state index is 0.172. The SMILES string of the molecule is CCOC(=O)C(N)C(=O)NC(C)c1ccc(C#N)cc1. The maximum atomic E-state index is 11.8. The van der Waals surface area contributed by atoms with Crippen LogP contribution < -0.4 is 11.1 Å². The van der Waals surface area contributed by atoms with Gasteiger partial charge < -0.3 is 15.8 Å². The highest BCUT2D eigenvalue weighted by atomic mass is 16.5. The van der Waals surface area contributed by atoms with E-state index in [1.54, 1.807) is 38.1 Å². The first kappa shape index (κ1) is 15.7. The van der Waals surface area contributed by atoms with Gasteiger partial charge in [0.25, 0.3) is 0 Å². The second-order valence-electron chi connectivity index (χ2n) is 4.19. The summed E-state index contributed by atoms with van der Waals surface area (Å²) >= 11 is 0. The molecule has 2 atom stereocenters. The van der Waals surface area contributed by atoms with Crippen molar-refractivity contribution in [3.8, 4) is 6.07 Å². The van der Waals surface area contributed by atoms with E-state index in [-0.39, 0.29) is 12.6 Å². The van der Waals surface area contributed by atoms with Crippen LogP contribution in [0, 0.1) is 11.3 Å². The number of ether oxygens (including phenoxy) is 1. The molecule has 0 aliphatic carbocycles. The lowest BCUT2D eigenvalue weighted by Gasteiger charge is -2.17. The van der Waals surface area contributed by atoms with Gasteiger partial charge in [-0.2, -0.15) is 5.26 Å². The van der Waals surface area contributed by atoms with Gasteiger partial charge in [0.15, 0.2) is 6.04 Å². The van der Waals surface area contributed by atoms with Crippen molar-refractivity contribution in [3.63, 3.8) is 0 Å². The zero-order valence-electron chi connectivity index (χ0n) is 11.4. The first-order valence-corrected chi connectivity index (χ1v) is 6.22. The normalized spacial score (nSPS) is 12.9. The summed E-state index contributed by atoms with van der Waals surface area (Å²) in [5.74, 6) is -1.35. The molecule has 0 heterocycles. The van der Waals surface area contributed by atoms with E-state index in [1.165, 1.54) is 0 Å². The number of hydrogen-bond acceptors (Lipinski definition) is 5. The summed E-state index contributed by atoms with van der Waals surface area (Å²) < 4.78 is 4.68. The lowest BCUT2D eigenvalue weighted by molar-refractivity contribution is -0.148. The van der Waals surface area contributed by atoms with Gasteiger partial charge in [-0.25, -0.2) is 4.79 Å². The zero-order valence-corrected chi connectivity index (χ0v) is 11.4. The molecule has 0 radical (unpaired) electrons. The molecular weight excluding hydrogens is 258 g/mol. The standard InChI is InChI=1S/C14H17N3O3/c1-3-20-14(19)12(16)13(18)17-9(2)11-6-4-10(8-15)5-7-11/h4-7,9,12H,3,16H2,1-2H3,(H,17,18). The van der Waals surface area contributed by atoms with Gasteiger partial charge in [0.05, 0.1) is 24.3 Å². The largest absolute Gasteiger partial charge is 0.464 e. The average molecular weight is 275 g/mol. The number of amides is 1. The van der Waals surface area contributed by atoms with Crippen LogP contribution in [-0.4, -0.2) is 24.5 Å². The second kappa shape index (κ2) is 7.26. The van der Waals surface area contributed by atoms with Gasteiger partial charge in [0.1, 0.15) is 0 Å². The predicted molar refractivity (Wildman–Crippen MR) is 72.3 cm³/mol. The van der Waals surface area contributed by atoms with Crippen LogP contribution in [0.4, 0.5) is 0 Å². The molecule has 0 saturated heterocycles. The Bertz CT molecular complexity index is 519. The Labute approximate surface area is 117 Å². The smallest absolute Gasteiger partial charge is 0.332 e. The highest BCUT2D eigenvalue weighted by Crippen LogP contribution is 2.13. The molecule has 0 fully saturated rings. The van der Waals surface area contributed by atoms with Crippen LogP contribution in [0.25, 0.3) is 0 Å². The summed E-state index contributed by atoms with van der Waals surface area (Å²) in [6.07, 6.45) is 0. The summed E-state index contributed by atoms with van der Waals surface area (Å²) in [6, 6.07) is 7.13. The van der Waals surface area contributed by atoms with E-state index < -0.39 is 17.9 Å². The molecule has 6 nitrogen and oxygen atoms in total. The van der Waals surface area contributed by atoms with Crippen LogP contribution in [-0.2, 0) is 14.3 Å². The molecule has 3 N–H and O–H groups in total. The highest BCUT2D eigenvalue weighted by Gasteiger charge is 2.24. The summed E-state index contributed by atoms with van der Waals surface area (Å²) in [5, 5.41) is 11.3. The summed E-state index contributed by atoms with van der Waals surface area (Å²) in [7, 11) is 0. The van der Waals surface area contributed by atoms with Crippen molar-refractivity contribution < 1.29 is 14.3 Å². The fraction of sp³-hybridized carbons (Fsp3) is 0.357. The molecule has 2 unspecified atom stereocenters. The van der Waals surface area contributed by atoms with Gasteiger partial charge in [-0.15, -0.1) is 0 Å². The molecule has 6 heteroatoms. The van der Waals surface area contributed by atoms with E-state index in [1.807, 2.05) is 6.07 Å². The van der Waals surface area contributed by atoms with Gasteiger partial charge in [-0.3, -0.25) is 4.79 Å². The minimum atomic E-state index is -1.34. The van der Waals surface area contributed by atoms with Crippen LogP contribution in [0.3, 0.4) is 0 Å². The molecule has 1 aromatic rings. The van der Waals surface area contributed by atoms with Gasteiger partial charge in [0.2, 0.25) is 5.91 Å². The van der Waals surface area contributed by atoms with Gasteiger partial charge >= 0.3 is 5.97 Å². The molecule has 20 heavy (non-hydrogen) atoms. The third-order valence-electron chi connectivity index (χ3n) is 2.72. The Morgan fingerprint density at radius 3 is 2.50 bits per heavy atom. The van der Waals surface area contributed by atoms with Crippen molar-refractivity contribution in [2.24, 2.45) is 5.73 Å². The Balaban J connectivity index is 2.65. The second-order valence-corrected chi connectivity index (χ2v) is 4.19. The Kier molecular flexibility index (Phi) is 5.69. The number of nitrogens with two attached hydrogens (primary N) is 1. The monoisotopic (exact) mass is 275 g/mol. The van der Waals surface area contributed by atoms with Crippen LogP contribution >= 0.6 is 0 Å². The summed E-state index contributed by atoms with van der Waals surface area (Å²) in [4.78, 5) is 23.1. The molecule has 0 spiro atoms. The number of carbonyl (C=O) groups excluding carboxylic acids is 2. The quantitative estimate of drug-likeness (QED) is 0.605. The highest BCUT2D eigenvalue weighted by molar-refractivity contribution is 6.01. The van der Waals surface area contributed by atoms with Crippen molar-refractivity contribution in [1.82, 2.24) is 5.32 Å². The van der Waals surface area contributed by atoms with Crippen molar-refractivity contribution in [1.29, 1.82) is 5.26 Å². The van der Waals surface area contributed by atoms with E-state index in [2.05, 4.69) is 10.1 Å². The molecule has 0 bridgehead atoms. The number of nitrogens with zero attached hydrogens (tertiary/aromatic N) is 1. The maximum Gasteiger partial charge on any atom is 0.332 e. The third kappa shape index (κ3) is 4.07. The van der Waals surface area contributed by atoms with E-state index >= 15 is 0 Å². The number of nitrogens with one attached hydrogen (secondary N) is 1. The van der Waals surface area contributed by atoms with Gasteiger partial charge in [0, 0.05) is 0 Å². The molecule has 1 amide bonds. The van der Waals surface area contributed by atoms with Crippen molar-refractivity contribution >= 4 is 11.9 Å². The number of nitriles is 1. The molecule has 106 valence electrons. The number of rotatable bonds is 5. The lowest BCUT2D eigenvalue weighted by atomic mass is 10.1. The zero-order chi connectivity index (χ0) is 15.1. The topological polar surface area (TPSA) is 105 Å². The number of hydrogen-bond donors (Lipinski definition) is 2. The van der Waals surface area contributed by atoms with Crippen LogP contribution in [0.2, 0.25) is 0 Å². The molecule has 0 aliphatic rings. The van der Waals surface area contributed by atoms with Crippen molar-refractivity contribution in [2.45, 2.75) is 25.9 Å². The van der Waals surface area contributed by atoms with Gasteiger partial charge in [-0.05, 0) is 31.5 Å². The third-order valence-corrected chi connectivity index (χ3v) is 2.72. The molecule has 0 saturated carbocycles.